The van der Waals surface area contributed by atoms with Crippen LogP contribution in [-0.2, 0) is 0 Å². The Morgan fingerprint density at radius 3 is 2.85 bits per heavy atom. The molecule has 108 valence electrons. The van der Waals surface area contributed by atoms with Crippen LogP contribution in [0.4, 0.5) is 5.69 Å². The second kappa shape index (κ2) is 6.35. The lowest BCUT2D eigenvalue weighted by Gasteiger charge is -2.14. The van der Waals surface area contributed by atoms with Crippen molar-refractivity contribution in [2.75, 3.05) is 6.54 Å². The fourth-order valence-corrected chi connectivity index (χ4v) is 3.31. The van der Waals surface area contributed by atoms with E-state index in [1.165, 1.54) is 6.07 Å². The maximum atomic E-state index is 12.2. The van der Waals surface area contributed by atoms with Crippen LogP contribution in [0.1, 0.15) is 35.2 Å². The fraction of sp³-hybridized carbons (Fsp3) is 0.500. The summed E-state index contributed by atoms with van der Waals surface area (Å²) in [6, 6.07) is 4.58. The number of hydrogen-bond donors (Lipinski definition) is 1. The van der Waals surface area contributed by atoms with E-state index >= 15 is 0 Å². The summed E-state index contributed by atoms with van der Waals surface area (Å²) in [6.07, 6.45) is 3.35. The van der Waals surface area contributed by atoms with Gasteiger partial charge in [-0.25, -0.2) is 0 Å². The highest BCUT2D eigenvalue weighted by Crippen LogP contribution is 2.31. The molecule has 1 aromatic rings. The number of carbonyl (C=O) groups excluding carboxylic acids is 1. The Morgan fingerprint density at radius 2 is 2.25 bits per heavy atom. The van der Waals surface area contributed by atoms with Gasteiger partial charge in [0.2, 0.25) is 0 Å². The van der Waals surface area contributed by atoms with Crippen LogP contribution in [0.2, 0.25) is 0 Å². The van der Waals surface area contributed by atoms with Crippen molar-refractivity contribution in [2.45, 2.75) is 31.0 Å². The van der Waals surface area contributed by atoms with Crippen LogP contribution < -0.4 is 5.32 Å². The number of aryl methyl sites for hydroxylation is 1. The smallest absolute Gasteiger partial charge is 0.282 e. The van der Waals surface area contributed by atoms with Crippen molar-refractivity contribution < 1.29 is 9.72 Å². The average molecular weight is 341 g/mol. The number of alkyl halides is 1. The van der Waals surface area contributed by atoms with Gasteiger partial charge in [-0.1, -0.05) is 28.4 Å². The highest BCUT2D eigenvalue weighted by molar-refractivity contribution is 9.09. The maximum absolute atomic E-state index is 12.2. The Balaban J connectivity index is 2.08. The van der Waals surface area contributed by atoms with Gasteiger partial charge in [-0.15, -0.1) is 0 Å². The van der Waals surface area contributed by atoms with Crippen molar-refractivity contribution in [1.82, 2.24) is 5.32 Å². The zero-order chi connectivity index (χ0) is 14.7. The molecule has 0 saturated heterocycles. The van der Waals surface area contributed by atoms with Crippen LogP contribution >= 0.6 is 15.9 Å². The van der Waals surface area contributed by atoms with E-state index in [1.807, 2.05) is 6.92 Å². The summed E-state index contributed by atoms with van der Waals surface area (Å²) in [5.74, 6) is 0.0369. The van der Waals surface area contributed by atoms with E-state index in [-0.39, 0.29) is 17.2 Å². The molecule has 2 atom stereocenters. The number of nitro groups is 1. The van der Waals surface area contributed by atoms with Crippen LogP contribution in [0.3, 0.4) is 0 Å². The SMILES string of the molecule is Cc1ccc([N+](=O)[O-])c(C(=O)NCC2CCCC2Br)c1. The molecule has 6 heteroatoms. The van der Waals surface area contributed by atoms with E-state index in [1.54, 1.807) is 12.1 Å². The third-order valence-corrected chi connectivity index (χ3v) is 4.89. The Bertz CT molecular complexity index is 533. The number of benzene rings is 1. The molecule has 0 bridgehead atoms. The molecular weight excluding hydrogens is 324 g/mol. The zero-order valence-corrected chi connectivity index (χ0v) is 12.9. The topological polar surface area (TPSA) is 72.2 Å². The lowest BCUT2D eigenvalue weighted by Crippen LogP contribution is -2.31. The molecule has 1 N–H and O–H groups in total. The minimum absolute atomic E-state index is 0.138. The number of hydrogen-bond acceptors (Lipinski definition) is 3. The lowest BCUT2D eigenvalue weighted by atomic mass is 10.1. The van der Waals surface area contributed by atoms with Gasteiger partial charge < -0.3 is 5.32 Å². The molecule has 0 heterocycles. The summed E-state index contributed by atoms with van der Waals surface area (Å²) in [5, 5.41) is 13.8. The molecule has 1 saturated carbocycles. The first-order valence-electron chi connectivity index (χ1n) is 6.66. The number of amides is 1. The predicted molar refractivity (Wildman–Crippen MR) is 80.2 cm³/mol. The average Bonchev–Trinajstić information content (AvgIpc) is 2.81. The molecule has 0 spiro atoms. The standard InChI is InChI=1S/C14H17BrN2O3/c1-9-5-6-13(17(19)20)11(7-9)14(18)16-8-10-3-2-4-12(10)15/h5-7,10,12H,2-4,8H2,1H3,(H,16,18). The Labute approximate surface area is 126 Å². The van der Waals surface area contributed by atoms with Crippen LogP contribution in [0.5, 0.6) is 0 Å². The maximum Gasteiger partial charge on any atom is 0.282 e. The zero-order valence-electron chi connectivity index (χ0n) is 11.3. The molecular formula is C14H17BrN2O3. The third kappa shape index (κ3) is 3.36. The van der Waals surface area contributed by atoms with Crippen LogP contribution in [-0.4, -0.2) is 22.2 Å². The first-order chi connectivity index (χ1) is 9.49. The van der Waals surface area contributed by atoms with Crippen molar-refractivity contribution >= 4 is 27.5 Å². The van der Waals surface area contributed by atoms with Gasteiger partial charge in [0.15, 0.2) is 0 Å². The first kappa shape index (κ1) is 15.0. The molecule has 20 heavy (non-hydrogen) atoms. The Kier molecular flexibility index (Phi) is 4.75. The summed E-state index contributed by atoms with van der Waals surface area (Å²) >= 11 is 3.60. The second-order valence-corrected chi connectivity index (χ2v) is 6.37. The molecule has 2 rings (SSSR count). The molecule has 0 aliphatic heterocycles. The molecule has 1 aromatic carbocycles. The van der Waals surface area contributed by atoms with Gasteiger partial charge in [-0.3, -0.25) is 14.9 Å². The number of nitro benzene ring substituents is 1. The van der Waals surface area contributed by atoms with Crippen LogP contribution in [0, 0.1) is 23.0 Å². The lowest BCUT2D eigenvalue weighted by molar-refractivity contribution is -0.385. The molecule has 1 fully saturated rings. The van der Waals surface area contributed by atoms with Gasteiger partial charge in [-0.05, 0) is 37.3 Å². The number of halogens is 1. The molecule has 1 aliphatic carbocycles. The van der Waals surface area contributed by atoms with E-state index in [4.69, 9.17) is 0 Å². The summed E-state index contributed by atoms with van der Waals surface area (Å²) < 4.78 is 0. The van der Waals surface area contributed by atoms with Gasteiger partial charge in [0.1, 0.15) is 5.56 Å². The van der Waals surface area contributed by atoms with Gasteiger partial charge in [0.25, 0.3) is 11.6 Å². The Morgan fingerprint density at radius 1 is 1.50 bits per heavy atom. The van der Waals surface area contributed by atoms with Gasteiger partial charge in [0, 0.05) is 17.4 Å². The Hall–Kier alpha value is -1.43. The highest BCUT2D eigenvalue weighted by Gasteiger charge is 2.26. The van der Waals surface area contributed by atoms with Crippen molar-refractivity contribution in [3.05, 3.63) is 39.4 Å². The molecule has 2 unspecified atom stereocenters. The van der Waals surface area contributed by atoms with Crippen LogP contribution in [0.15, 0.2) is 18.2 Å². The fourth-order valence-electron chi connectivity index (χ4n) is 2.53. The number of rotatable bonds is 4. The summed E-state index contributed by atoms with van der Waals surface area (Å²) in [7, 11) is 0. The van der Waals surface area contributed by atoms with Gasteiger partial charge in [-0.2, -0.15) is 0 Å². The van der Waals surface area contributed by atoms with E-state index in [9.17, 15) is 14.9 Å². The van der Waals surface area contributed by atoms with Crippen molar-refractivity contribution in [3.63, 3.8) is 0 Å². The summed E-state index contributed by atoms with van der Waals surface area (Å²) in [6.45, 7) is 2.37. The normalized spacial score (nSPS) is 21.7. The van der Waals surface area contributed by atoms with Gasteiger partial charge >= 0.3 is 0 Å². The van der Waals surface area contributed by atoms with E-state index < -0.39 is 4.92 Å². The summed E-state index contributed by atoms with van der Waals surface area (Å²) in [5.41, 5.74) is 0.828. The molecule has 1 amide bonds. The monoisotopic (exact) mass is 340 g/mol. The number of nitrogens with zero attached hydrogens (tertiary/aromatic N) is 1. The number of nitrogens with one attached hydrogen (secondary N) is 1. The predicted octanol–water partition coefficient (Wildman–Crippen LogP) is 3.20. The third-order valence-electron chi connectivity index (χ3n) is 3.68. The molecule has 0 radical (unpaired) electrons. The van der Waals surface area contributed by atoms with E-state index in [2.05, 4.69) is 21.2 Å². The highest BCUT2D eigenvalue weighted by atomic mass is 79.9. The minimum atomic E-state index is -0.517. The van der Waals surface area contributed by atoms with Crippen molar-refractivity contribution in [2.24, 2.45) is 5.92 Å². The van der Waals surface area contributed by atoms with Crippen molar-refractivity contribution in [3.8, 4) is 0 Å². The molecule has 0 aromatic heterocycles. The van der Waals surface area contributed by atoms with Crippen LogP contribution in [0.25, 0.3) is 0 Å². The quantitative estimate of drug-likeness (QED) is 0.519. The van der Waals surface area contributed by atoms with E-state index in [0.29, 0.717) is 17.3 Å². The number of carbonyl (C=O) groups is 1. The largest absolute Gasteiger partial charge is 0.351 e. The first-order valence-corrected chi connectivity index (χ1v) is 7.58. The minimum Gasteiger partial charge on any atom is -0.351 e. The molecule has 5 nitrogen and oxygen atoms in total. The second-order valence-electron chi connectivity index (χ2n) is 5.19. The van der Waals surface area contributed by atoms with Crippen molar-refractivity contribution in [1.29, 1.82) is 0 Å². The van der Waals surface area contributed by atoms with E-state index in [0.717, 1.165) is 24.8 Å². The molecule has 1 aliphatic rings. The summed E-state index contributed by atoms with van der Waals surface area (Å²) in [4.78, 5) is 23.0. The van der Waals surface area contributed by atoms with Gasteiger partial charge in [0.05, 0.1) is 4.92 Å².